The minimum absolute atomic E-state index is 0.0576. The SMILES string of the molecule is CC1(C)[C@H](NC(=O)/C(=N\O[C@@H](COc2ccc(-c3cnn(CCCN)c3)cc2)C(=O)O)c2nc(N)sc2Cl)C(=O)N1OS(=O)(=O)O. The minimum atomic E-state index is -5.04. The number of aliphatic carboxylic acids is 1. The van der Waals surface area contributed by atoms with E-state index in [9.17, 15) is 27.9 Å². The number of hydrogen-bond donors (Lipinski definition) is 5. The van der Waals surface area contributed by atoms with Gasteiger partial charge in [0.1, 0.15) is 28.4 Å². The molecule has 0 bridgehead atoms. The smallest absolute Gasteiger partial charge is 0.418 e. The lowest BCUT2D eigenvalue weighted by atomic mass is 9.84. The molecule has 4 rings (SSSR count). The molecule has 1 aliphatic rings. The molecule has 7 N–H and O–H groups in total. The van der Waals surface area contributed by atoms with E-state index < -0.39 is 58.2 Å². The highest BCUT2D eigenvalue weighted by molar-refractivity contribution is 7.80. The van der Waals surface area contributed by atoms with Gasteiger partial charge in [-0.25, -0.2) is 9.78 Å². The number of hydrogen-bond acceptors (Lipinski definition) is 14. The molecule has 21 heteroatoms. The molecule has 2 atom stereocenters. The first-order chi connectivity index (χ1) is 21.6. The summed E-state index contributed by atoms with van der Waals surface area (Å²) in [6.07, 6.45) is 2.64. The van der Waals surface area contributed by atoms with Crippen molar-refractivity contribution in [3.63, 3.8) is 0 Å². The lowest BCUT2D eigenvalue weighted by molar-refractivity contribution is -0.218. The molecule has 3 aromatic rings. The molecule has 0 saturated carbocycles. The average Bonchev–Trinajstić information content (AvgIpc) is 3.60. The summed E-state index contributed by atoms with van der Waals surface area (Å²) in [5, 5.41) is 20.3. The van der Waals surface area contributed by atoms with Gasteiger partial charge in [-0.15, -0.1) is 4.28 Å². The molecule has 0 radical (unpaired) electrons. The molecule has 0 spiro atoms. The van der Waals surface area contributed by atoms with Crippen molar-refractivity contribution < 1.29 is 46.3 Å². The number of halogens is 1. The lowest BCUT2D eigenvalue weighted by Gasteiger charge is -2.50. The molecule has 2 aromatic heterocycles. The monoisotopic (exact) mass is 700 g/mol. The maximum Gasteiger partial charge on any atom is 0.418 e. The summed E-state index contributed by atoms with van der Waals surface area (Å²) in [5.41, 5.74) is 10.6. The van der Waals surface area contributed by atoms with Crippen molar-refractivity contribution in [3.05, 3.63) is 46.7 Å². The van der Waals surface area contributed by atoms with Gasteiger partial charge in [-0.05, 0) is 44.5 Å². The van der Waals surface area contributed by atoms with Gasteiger partial charge in [0.2, 0.25) is 0 Å². The first kappa shape index (κ1) is 34.5. The molecular weight excluding hydrogens is 672 g/mol. The number of hydroxylamine groups is 2. The van der Waals surface area contributed by atoms with Crippen LogP contribution in [0, 0.1) is 0 Å². The van der Waals surface area contributed by atoms with Crippen molar-refractivity contribution in [2.24, 2.45) is 10.9 Å². The number of anilines is 1. The molecule has 0 aliphatic carbocycles. The van der Waals surface area contributed by atoms with Crippen molar-refractivity contribution in [1.82, 2.24) is 25.1 Å². The fraction of sp³-hybridized carbons (Fsp3) is 0.360. The van der Waals surface area contributed by atoms with Crippen LogP contribution in [0.15, 0.2) is 41.8 Å². The predicted octanol–water partition coefficient (Wildman–Crippen LogP) is 0.684. The average molecular weight is 701 g/mol. The number of ether oxygens (including phenoxy) is 1. The van der Waals surface area contributed by atoms with E-state index in [1.165, 1.54) is 13.8 Å². The normalized spacial score (nSPS) is 16.9. The van der Waals surface area contributed by atoms with Gasteiger partial charge >= 0.3 is 16.4 Å². The van der Waals surface area contributed by atoms with Gasteiger partial charge in [0.05, 0.1) is 11.7 Å². The van der Waals surface area contributed by atoms with Gasteiger partial charge in [-0.1, -0.05) is 40.2 Å². The van der Waals surface area contributed by atoms with E-state index >= 15 is 0 Å². The Balaban J connectivity index is 1.47. The van der Waals surface area contributed by atoms with Gasteiger partial charge < -0.3 is 31.5 Å². The number of aryl methyl sites for hydroxylation is 1. The molecule has 0 unspecified atom stereocenters. The third-order valence-electron chi connectivity index (χ3n) is 6.52. The van der Waals surface area contributed by atoms with E-state index in [-0.39, 0.29) is 15.2 Å². The lowest BCUT2D eigenvalue weighted by Crippen LogP contribution is -2.76. The summed E-state index contributed by atoms with van der Waals surface area (Å²) < 4.78 is 42.7. The van der Waals surface area contributed by atoms with E-state index in [4.69, 9.17) is 37.2 Å². The number of nitrogens with one attached hydrogen (secondary N) is 1. The van der Waals surface area contributed by atoms with Crippen molar-refractivity contribution in [2.45, 2.75) is 44.5 Å². The van der Waals surface area contributed by atoms with Crippen LogP contribution in [0.25, 0.3) is 11.1 Å². The Kier molecular flexibility index (Phi) is 10.5. The largest absolute Gasteiger partial charge is 0.489 e. The maximum atomic E-state index is 13.3. The third kappa shape index (κ3) is 8.08. The number of amides is 2. The van der Waals surface area contributed by atoms with Gasteiger partial charge in [-0.3, -0.25) is 18.8 Å². The maximum absolute atomic E-state index is 13.3. The van der Waals surface area contributed by atoms with Crippen LogP contribution in [0.5, 0.6) is 5.75 Å². The number of rotatable bonds is 15. The summed E-state index contributed by atoms with van der Waals surface area (Å²) >= 11 is 6.95. The Morgan fingerprint density at radius 2 is 1.96 bits per heavy atom. The molecule has 1 fully saturated rings. The van der Waals surface area contributed by atoms with Crippen LogP contribution in [0.2, 0.25) is 4.34 Å². The molecule has 1 saturated heterocycles. The van der Waals surface area contributed by atoms with Crippen molar-refractivity contribution >= 4 is 62.0 Å². The van der Waals surface area contributed by atoms with Crippen LogP contribution in [0.3, 0.4) is 0 Å². The van der Waals surface area contributed by atoms with Crippen LogP contribution in [0.1, 0.15) is 26.0 Å². The topological polar surface area (TPSA) is 264 Å². The highest BCUT2D eigenvalue weighted by atomic mass is 35.5. The summed E-state index contributed by atoms with van der Waals surface area (Å²) in [5.74, 6) is -3.29. The molecule has 1 aromatic carbocycles. The predicted molar refractivity (Wildman–Crippen MR) is 163 cm³/mol. The molecular formula is C25H29ClN8O10S2. The second kappa shape index (κ2) is 14.0. The zero-order valence-corrected chi connectivity index (χ0v) is 26.6. The Bertz CT molecular complexity index is 1740. The molecule has 46 heavy (non-hydrogen) atoms. The fourth-order valence-corrected chi connectivity index (χ4v) is 5.52. The van der Waals surface area contributed by atoms with Gasteiger partial charge in [0.25, 0.3) is 17.9 Å². The van der Waals surface area contributed by atoms with Gasteiger partial charge in [-0.2, -0.15) is 18.6 Å². The van der Waals surface area contributed by atoms with Gasteiger partial charge in [0.15, 0.2) is 10.8 Å². The number of β-lactam (4-membered cyclic amide) rings is 1. The van der Waals surface area contributed by atoms with Crippen LogP contribution in [0.4, 0.5) is 5.13 Å². The number of nitrogens with zero attached hydrogens (tertiary/aromatic N) is 5. The van der Waals surface area contributed by atoms with E-state index in [2.05, 4.69) is 24.8 Å². The molecule has 248 valence electrons. The number of nitrogens with two attached hydrogens (primary N) is 2. The summed E-state index contributed by atoms with van der Waals surface area (Å²) in [4.78, 5) is 46.8. The fourth-order valence-electron chi connectivity index (χ4n) is 4.14. The van der Waals surface area contributed by atoms with Crippen LogP contribution >= 0.6 is 22.9 Å². The Morgan fingerprint density at radius 1 is 1.26 bits per heavy atom. The number of carboxylic acid groups (broad SMARTS) is 1. The second-order valence-electron chi connectivity index (χ2n) is 10.2. The number of carbonyl (C=O) groups is 3. The van der Waals surface area contributed by atoms with E-state index in [1.807, 2.05) is 6.20 Å². The minimum Gasteiger partial charge on any atom is -0.489 e. The highest BCUT2D eigenvalue weighted by Gasteiger charge is 2.58. The van der Waals surface area contributed by atoms with Gasteiger partial charge in [0, 0.05) is 18.3 Å². The summed E-state index contributed by atoms with van der Waals surface area (Å²) in [6.45, 7) is 3.38. The van der Waals surface area contributed by atoms with Crippen molar-refractivity contribution in [1.29, 1.82) is 0 Å². The summed E-state index contributed by atoms with van der Waals surface area (Å²) in [6, 6.07) is 5.40. The molecule has 3 heterocycles. The number of thiazole rings is 1. The van der Waals surface area contributed by atoms with Crippen molar-refractivity contribution in [2.75, 3.05) is 18.9 Å². The Hall–Kier alpha value is -4.34. The van der Waals surface area contributed by atoms with E-state index in [0.29, 0.717) is 23.9 Å². The number of aromatic nitrogens is 3. The Morgan fingerprint density at radius 3 is 2.52 bits per heavy atom. The van der Waals surface area contributed by atoms with E-state index in [1.54, 1.807) is 35.1 Å². The second-order valence-corrected chi connectivity index (χ2v) is 12.8. The van der Waals surface area contributed by atoms with Crippen LogP contribution in [-0.4, -0.2) is 92.2 Å². The standard InChI is InChI=1S/C25H29ClN8O10S2/c1-25(2)19(22(36)34(25)44-46(39,40)41)31-21(35)18(17-20(26)45-24(28)30-17)32-43-16(23(37)38)12-42-15-6-4-13(5-7-15)14-10-29-33(11-14)9-3-8-27/h4-7,10-11,16,19H,3,8-9,12,27H2,1-2H3,(H2,28,30)(H,31,35)(H,37,38)(H,39,40,41)/b32-18-/t16-,19+/m0/s1. The van der Waals surface area contributed by atoms with Crippen LogP contribution < -0.4 is 21.5 Å². The molecule has 18 nitrogen and oxygen atoms in total. The number of carboxylic acids is 1. The molecule has 2 amide bonds. The highest BCUT2D eigenvalue weighted by Crippen LogP contribution is 2.33. The van der Waals surface area contributed by atoms with Crippen molar-refractivity contribution in [3.8, 4) is 16.9 Å². The summed E-state index contributed by atoms with van der Waals surface area (Å²) in [7, 11) is -5.04. The zero-order valence-electron chi connectivity index (χ0n) is 24.2. The number of nitrogen functional groups attached to an aromatic ring is 1. The Labute approximate surface area is 270 Å². The molecule has 1 aliphatic heterocycles. The third-order valence-corrected chi connectivity index (χ3v) is 7.94. The first-order valence-corrected chi connectivity index (χ1v) is 15.8. The zero-order chi connectivity index (χ0) is 33.8. The number of carbonyl (C=O) groups excluding carboxylic acids is 2. The van der Waals surface area contributed by atoms with E-state index in [0.717, 1.165) is 28.9 Å². The number of oxime groups is 1. The first-order valence-electron chi connectivity index (χ1n) is 13.3. The number of benzene rings is 1. The quantitative estimate of drug-likeness (QED) is 0.0632. The van der Waals surface area contributed by atoms with Crippen LogP contribution in [-0.2, 0) is 40.4 Å².